The van der Waals surface area contributed by atoms with Crippen molar-refractivity contribution in [2.45, 2.75) is 25.4 Å². The molecule has 0 aliphatic carbocycles. The predicted molar refractivity (Wildman–Crippen MR) is 99.9 cm³/mol. The molecular weight excluding hydrogens is 290 g/mol. The van der Waals surface area contributed by atoms with Gasteiger partial charge in [-0.25, -0.2) is 0 Å². The largest absolute Gasteiger partial charge is 0.285 e. The van der Waals surface area contributed by atoms with Gasteiger partial charge < -0.3 is 0 Å². The molecule has 0 amide bonds. The molecule has 1 unspecified atom stereocenters. The van der Waals surface area contributed by atoms with Crippen LogP contribution in [-0.2, 0) is 18.5 Å². The smallest absolute Gasteiger partial charge is 0.0692 e. The SMILES string of the molecule is CC1(c2ccccc2)c2ccccc2CCN1Cc1ccccc1. The van der Waals surface area contributed by atoms with Crippen LogP contribution in [0.5, 0.6) is 0 Å². The molecule has 3 aromatic rings. The average molecular weight is 313 g/mol. The van der Waals surface area contributed by atoms with E-state index in [0.717, 1.165) is 19.5 Å². The minimum Gasteiger partial charge on any atom is -0.285 e. The number of nitrogens with zero attached hydrogens (tertiary/aromatic N) is 1. The van der Waals surface area contributed by atoms with Crippen molar-refractivity contribution in [1.82, 2.24) is 4.90 Å². The van der Waals surface area contributed by atoms with E-state index < -0.39 is 0 Å². The Morgan fingerprint density at radius 1 is 0.792 bits per heavy atom. The molecule has 0 saturated carbocycles. The number of hydrogen-bond donors (Lipinski definition) is 0. The van der Waals surface area contributed by atoms with Crippen molar-refractivity contribution in [3.05, 3.63) is 107 Å². The van der Waals surface area contributed by atoms with Crippen LogP contribution in [0.3, 0.4) is 0 Å². The zero-order valence-corrected chi connectivity index (χ0v) is 14.2. The fourth-order valence-corrected chi connectivity index (χ4v) is 4.00. The van der Waals surface area contributed by atoms with E-state index in [-0.39, 0.29) is 5.54 Å². The second-order valence-electron chi connectivity index (χ2n) is 6.75. The first-order valence-electron chi connectivity index (χ1n) is 8.71. The van der Waals surface area contributed by atoms with Crippen molar-refractivity contribution in [1.29, 1.82) is 0 Å². The normalized spacial score (nSPS) is 20.5. The molecule has 0 N–H and O–H groups in total. The standard InChI is InChI=1S/C23H23N/c1-23(21-13-6-3-7-14-21)22-15-9-8-12-20(22)16-17-24(23)18-19-10-4-2-5-11-19/h2-15H,16-18H2,1H3. The van der Waals surface area contributed by atoms with Crippen LogP contribution < -0.4 is 0 Å². The summed E-state index contributed by atoms with van der Waals surface area (Å²) in [6.45, 7) is 4.43. The quantitative estimate of drug-likeness (QED) is 0.657. The molecule has 0 aromatic heterocycles. The average Bonchev–Trinajstić information content (AvgIpc) is 2.66. The van der Waals surface area contributed by atoms with Crippen molar-refractivity contribution in [3.8, 4) is 0 Å². The van der Waals surface area contributed by atoms with Crippen LogP contribution in [0.25, 0.3) is 0 Å². The third kappa shape index (κ3) is 2.55. The Bertz CT molecular complexity index is 810. The van der Waals surface area contributed by atoms with Gasteiger partial charge in [-0.15, -0.1) is 0 Å². The molecule has 1 nitrogen and oxygen atoms in total. The first-order chi connectivity index (χ1) is 11.8. The minimum absolute atomic E-state index is 0.0913. The van der Waals surface area contributed by atoms with Gasteiger partial charge in [0, 0.05) is 13.1 Å². The highest BCUT2D eigenvalue weighted by Gasteiger charge is 2.39. The first kappa shape index (κ1) is 15.2. The van der Waals surface area contributed by atoms with Gasteiger partial charge in [-0.1, -0.05) is 84.9 Å². The van der Waals surface area contributed by atoms with E-state index in [2.05, 4.69) is 96.8 Å². The zero-order valence-electron chi connectivity index (χ0n) is 14.2. The molecule has 0 saturated heterocycles. The Balaban J connectivity index is 1.82. The van der Waals surface area contributed by atoms with Crippen molar-refractivity contribution >= 4 is 0 Å². The summed E-state index contributed by atoms with van der Waals surface area (Å²) in [7, 11) is 0. The van der Waals surface area contributed by atoms with Crippen LogP contribution in [-0.4, -0.2) is 11.4 Å². The van der Waals surface area contributed by atoms with Crippen LogP contribution in [0.1, 0.15) is 29.2 Å². The zero-order chi connectivity index (χ0) is 16.4. The molecule has 1 atom stereocenters. The first-order valence-corrected chi connectivity index (χ1v) is 8.71. The van der Waals surface area contributed by atoms with Crippen molar-refractivity contribution in [2.75, 3.05) is 6.54 Å². The van der Waals surface area contributed by atoms with E-state index in [1.165, 1.54) is 22.3 Å². The van der Waals surface area contributed by atoms with E-state index in [9.17, 15) is 0 Å². The Morgan fingerprint density at radius 3 is 2.17 bits per heavy atom. The molecule has 0 bridgehead atoms. The van der Waals surface area contributed by atoms with E-state index in [0.29, 0.717) is 0 Å². The van der Waals surface area contributed by atoms with Gasteiger partial charge in [0.1, 0.15) is 0 Å². The van der Waals surface area contributed by atoms with Crippen LogP contribution in [0.15, 0.2) is 84.9 Å². The Hall–Kier alpha value is -2.38. The van der Waals surface area contributed by atoms with Crippen molar-refractivity contribution in [3.63, 3.8) is 0 Å². The summed E-state index contributed by atoms with van der Waals surface area (Å²) in [6.07, 6.45) is 1.12. The fourth-order valence-electron chi connectivity index (χ4n) is 4.00. The van der Waals surface area contributed by atoms with Gasteiger partial charge in [0.2, 0.25) is 0 Å². The topological polar surface area (TPSA) is 3.24 Å². The summed E-state index contributed by atoms with van der Waals surface area (Å²) in [4.78, 5) is 2.62. The lowest BCUT2D eigenvalue weighted by Crippen LogP contribution is -2.48. The maximum atomic E-state index is 2.62. The monoisotopic (exact) mass is 313 g/mol. The molecule has 1 heteroatoms. The highest BCUT2D eigenvalue weighted by Crippen LogP contribution is 2.41. The highest BCUT2D eigenvalue weighted by molar-refractivity contribution is 5.44. The summed E-state index contributed by atoms with van der Waals surface area (Å²) in [5.74, 6) is 0. The molecule has 120 valence electrons. The van der Waals surface area contributed by atoms with Gasteiger partial charge in [-0.05, 0) is 35.6 Å². The lowest BCUT2D eigenvalue weighted by Gasteiger charge is -2.47. The molecule has 0 fully saturated rings. The molecule has 1 heterocycles. The number of hydrogen-bond acceptors (Lipinski definition) is 1. The third-order valence-corrected chi connectivity index (χ3v) is 5.38. The summed E-state index contributed by atoms with van der Waals surface area (Å²) in [6, 6.07) is 30.7. The maximum Gasteiger partial charge on any atom is 0.0692 e. The van der Waals surface area contributed by atoms with Gasteiger partial charge in [-0.3, -0.25) is 4.90 Å². The summed E-state index contributed by atoms with van der Waals surface area (Å²) in [5, 5.41) is 0. The van der Waals surface area contributed by atoms with Gasteiger partial charge in [0.25, 0.3) is 0 Å². The summed E-state index contributed by atoms with van der Waals surface area (Å²) < 4.78 is 0. The molecule has 3 aromatic carbocycles. The molecule has 4 rings (SSSR count). The predicted octanol–water partition coefficient (Wildman–Crippen LogP) is 5.01. The Morgan fingerprint density at radius 2 is 1.42 bits per heavy atom. The van der Waals surface area contributed by atoms with Crippen LogP contribution in [0.4, 0.5) is 0 Å². The van der Waals surface area contributed by atoms with E-state index >= 15 is 0 Å². The second-order valence-corrected chi connectivity index (χ2v) is 6.75. The van der Waals surface area contributed by atoms with Crippen LogP contribution >= 0.6 is 0 Å². The molecule has 1 aliphatic rings. The summed E-state index contributed by atoms with van der Waals surface area (Å²) >= 11 is 0. The molecule has 0 spiro atoms. The molecule has 24 heavy (non-hydrogen) atoms. The van der Waals surface area contributed by atoms with Gasteiger partial charge in [0.05, 0.1) is 5.54 Å². The van der Waals surface area contributed by atoms with Gasteiger partial charge >= 0.3 is 0 Å². The summed E-state index contributed by atoms with van der Waals surface area (Å²) in [5.41, 5.74) is 5.57. The Labute approximate surface area is 144 Å². The lowest BCUT2D eigenvalue weighted by atomic mass is 9.77. The van der Waals surface area contributed by atoms with Crippen LogP contribution in [0.2, 0.25) is 0 Å². The number of rotatable bonds is 3. The highest BCUT2D eigenvalue weighted by atomic mass is 15.2. The van der Waals surface area contributed by atoms with E-state index in [1.807, 2.05) is 0 Å². The van der Waals surface area contributed by atoms with Crippen LogP contribution in [0, 0.1) is 0 Å². The third-order valence-electron chi connectivity index (χ3n) is 5.38. The molecule has 1 aliphatic heterocycles. The fraction of sp³-hybridized carbons (Fsp3) is 0.217. The molecule has 0 radical (unpaired) electrons. The molecular formula is C23H23N. The minimum atomic E-state index is -0.0913. The van der Waals surface area contributed by atoms with E-state index in [4.69, 9.17) is 0 Å². The van der Waals surface area contributed by atoms with Crippen molar-refractivity contribution < 1.29 is 0 Å². The van der Waals surface area contributed by atoms with Gasteiger partial charge in [0.15, 0.2) is 0 Å². The van der Waals surface area contributed by atoms with E-state index in [1.54, 1.807) is 0 Å². The lowest BCUT2D eigenvalue weighted by molar-refractivity contribution is 0.117. The van der Waals surface area contributed by atoms with Gasteiger partial charge in [-0.2, -0.15) is 0 Å². The second kappa shape index (κ2) is 6.26. The Kier molecular flexibility index (Phi) is 3.95. The van der Waals surface area contributed by atoms with Crippen molar-refractivity contribution in [2.24, 2.45) is 0 Å². The maximum absolute atomic E-state index is 2.62. The number of benzene rings is 3. The number of fused-ring (bicyclic) bond motifs is 1.